The molecule has 1 atom stereocenters. The van der Waals surface area contributed by atoms with Crippen LogP contribution in [0.5, 0.6) is 0 Å². The molecule has 11 heavy (non-hydrogen) atoms. The minimum Gasteiger partial charge on any atom is -0.395 e. The number of hydrogen-bond acceptors (Lipinski definition) is 2. The van der Waals surface area contributed by atoms with E-state index in [0.29, 0.717) is 6.04 Å². The van der Waals surface area contributed by atoms with Crippen LogP contribution < -0.4 is 0 Å². The fraction of sp³-hybridized carbons (Fsp3) is 0.750. The van der Waals surface area contributed by atoms with Crippen LogP contribution in [0.2, 0.25) is 0 Å². The highest BCUT2D eigenvalue weighted by atomic mass is 79.9. The summed E-state index contributed by atoms with van der Waals surface area (Å²) in [5.74, 6) is 0. The minimum absolute atomic E-state index is 0.278. The topological polar surface area (TPSA) is 23.5 Å². The van der Waals surface area contributed by atoms with Crippen molar-refractivity contribution in [3.8, 4) is 0 Å². The Morgan fingerprint density at radius 2 is 2.45 bits per heavy atom. The average molecular weight is 220 g/mol. The van der Waals surface area contributed by atoms with E-state index in [1.807, 2.05) is 0 Å². The molecule has 1 aliphatic rings. The molecule has 3 heteroatoms. The first-order valence-corrected chi connectivity index (χ1v) is 4.71. The van der Waals surface area contributed by atoms with Crippen molar-refractivity contribution in [2.75, 3.05) is 19.7 Å². The molecular weight excluding hydrogens is 206 g/mol. The zero-order valence-corrected chi connectivity index (χ0v) is 8.18. The second kappa shape index (κ2) is 4.24. The molecule has 0 radical (unpaired) electrons. The standard InChI is InChI=1S/C8H14BrNO/c1-7(9)5-10-4-2-3-8(10)6-11/h8,11H,1-6H2/t8-/m1/s1. The molecule has 0 aromatic rings. The van der Waals surface area contributed by atoms with E-state index >= 15 is 0 Å². The van der Waals surface area contributed by atoms with Gasteiger partial charge in [-0.2, -0.15) is 0 Å². The van der Waals surface area contributed by atoms with Crippen molar-refractivity contribution in [2.45, 2.75) is 18.9 Å². The lowest BCUT2D eigenvalue weighted by Crippen LogP contribution is -2.32. The second-order valence-electron chi connectivity index (χ2n) is 2.97. The molecular formula is C8H14BrNO. The molecule has 0 aromatic carbocycles. The van der Waals surface area contributed by atoms with Gasteiger partial charge < -0.3 is 5.11 Å². The van der Waals surface area contributed by atoms with Gasteiger partial charge >= 0.3 is 0 Å². The first kappa shape index (κ1) is 9.23. The van der Waals surface area contributed by atoms with Gasteiger partial charge in [-0.15, -0.1) is 0 Å². The average Bonchev–Trinajstić information content (AvgIpc) is 2.34. The summed E-state index contributed by atoms with van der Waals surface area (Å²) in [6.07, 6.45) is 2.32. The maximum absolute atomic E-state index is 8.96. The number of halogens is 1. The van der Waals surface area contributed by atoms with Gasteiger partial charge in [0.2, 0.25) is 0 Å². The van der Waals surface area contributed by atoms with Crippen molar-refractivity contribution < 1.29 is 5.11 Å². The molecule has 0 bridgehead atoms. The molecule has 0 aromatic heterocycles. The van der Waals surface area contributed by atoms with E-state index in [1.54, 1.807) is 0 Å². The third-order valence-electron chi connectivity index (χ3n) is 2.08. The first-order chi connectivity index (χ1) is 5.24. The van der Waals surface area contributed by atoms with Gasteiger partial charge in [-0.25, -0.2) is 0 Å². The molecule has 1 saturated heterocycles. The van der Waals surface area contributed by atoms with E-state index in [4.69, 9.17) is 5.11 Å². The summed E-state index contributed by atoms with van der Waals surface area (Å²) in [5, 5.41) is 8.96. The van der Waals surface area contributed by atoms with Gasteiger partial charge in [0.05, 0.1) is 6.61 Å². The lowest BCUT2D eigenvalue weighted by atomic mass is 10.2. The predicted molar refractivity (Wildman–Crippen MR) is 49.7 cm³/mol. The molecule has 0 unspecified atom stereocenters. The maximum atomic E-state index is 8.96. The summed E-state index contributed by atoms with van der Waals surface area (Å²) >= 11 is 3.32. The van der Waals surface area contributed by atoms with Gasteiger partial charge in [0.15, 0.2) is 0 Å². The van der Waals surface area contributed by atoms with Gasteiger partial charge in [0, 0.05) is 17.1 Å². The summed E-state index contributed by atoms with van der Waals surface area (Å²) in [4.78, 5) is 2.26. The highest BCUT2D eigenvalue weighted by molar-refractivity contribution is 9.11. The highest BCUT2D eigenvalue weighted by Crippen LogP contribution is 2.18. The third kappa shape index (κ3) is 2.58. The summed E-state index contributed by atoms with van der Waals surface area (Å²) < 4.78 is 0.998. The first-order valence-electron chi connectivity index (χ1n) is 3.92. The van der Waals surface area contributed by atoms with Crippen LogP contribution in [-0.4, -0.2) is 35.7 Å². The Morgan fingerprint density at radius 3 is 3.00 bits per heavy atom. The van der Waals surface area contributed by atoms with Crippen LogP contribution in [0.1, 0.15) is 12.8 Å². The monoisotopic (exact) mass is 219 g/mol. The van der Waals surface area contributed by atoms with Crippen molar-refractivity contribution in [1.82, 2.24) is 4.90 Å². The van der Waals surface area contributed by atoms with Gasteiger partial charge in [0.25, 0.3) is 0 Å². The molecule has 0 spiro atoms. The maximum Gasteiger partial charge on any atom is 0.0587 e. The summed E-state index contributed by atoms with van der Waals surface area (Å²) in [7, 11) is 0. The van der Waals surface area contributed by atoms with E-state index in [-0.39, 0.29) is 6.61 Å². The Kier molecular flexibility index (Phi) is 3.55. The quantitative estimate of drug-likeness (QED) is 0.776. The van der Waals surface area contributed by atoms with Crippen LogP contribution in [0.4, 0.5) is 0 Å². The number of nitrogens with zero attached hydrogens (tertiary/aromatic N) is 1. The van der Waals surface area contributed by atoms with Crippen molar-refractivity contribution in [3.63, 3.8) is 0 Å². The number of likely N-dealkylation sites (tertiary alicyclic amines) is 1. The van der Waals surface area contributed by atoms with Crippen molar-refractivity contribution >= 4 is 15.9 Å². The van der Waals surface area contributed by atoms with Crippen molar-refractivity contribution in [1.29, 1.82) is 0 Å². The van der Waals surface area contributed by atoms with E-state index in [9.17, 15) is 0 Å². The fourth-order valence-electron chi connectivity index (χ4n) is 1.53. The molecule has 1 fully saturated rings. The Hall–Kier alpha value is 0.140. The zero-order valence-electron chi connectivity index (χ0n) is 6.59. The number of rotatable bonds is 3. The molecule has 1 rings (SSSR count). The number of hydrogen-bond donors (Lipinski definition) is 1. The fourth-order valence-corrected chi connectivity index (χ4v) is 1.85. The Bertz CT molecular complexity index is 149. The summed E-state index contributed by atoms with van der Waals surface area (Å²) in [6.45, 7) is 6.02. The van der Waals surface area contributed by atoms with Crippen LogP contribution >= 0.6 is 15.9 Å². The molecule has 64 valence electrons. The molecule has 1 N–H and O–H groups in total. The van der Waals surface area contributed by atoms with Gasteiger partial charge in [-0.1, -0.05) is 22.5 Å². The Balaban J connectivity index is 2.37. The molecule has 0 amide bonds. The van der Waals surface area contributed by atoms with E-state index in [2.05, 4.69) is 27.4 Å². The Labute approximate surface area is 76.0 Å². The van der Waals surface area contributed by atoms with Crippen LogP contribution in [0.15, 0.2) is 11.1 Å². The van der Waals surface area contributed by atoms with Crippen LogP contribution in [0.3, 0.4) is 0 Å². The van der Waals surface area contributed by atoms with Crippen LogP contribution in [0, 0.1) is 0 Å². The smallest absolute Gasteiger partial charge is 0.0587 e. The van der Waals surface area contributed by atoms with E-state index in [1.165, 1.54) is 6.42 Å². The van der Waals surface area contributed by atoms with E-state index < -0.39 is 0 Å². The van der Waals surface area contributed by atoms with Gasteiger partial charge in [0.1, 0.15) is 0 Å². The van der Waals surface area contributed by atoms with Crippen molar-refractivity contribution in [2.24, 2.45) is 0 Å². The molecule has 2 nitrogen and oxygen atoms in total. The lowest BCUT2D eigenvalue weighted by molar-refractivity contribution is 0.169. The Morgan fingerprint density at radius 1 is 1.73 bits per heavy atom. The minimum atomic E-state index is 0.278. The lowest BCUT2D eigenvalue weighted by Gasteiger charge is -2.21. The van der Waals surface area contributed by atoms with Crippen molar-refractivity contribution in [3.05, 3.63) is 11.1 Å². The zero-order chi connectivity index (χ0) is 8.27. The molecule has 1 aliphatic heterocycles. The molecule has 0 saturated carbocycles. The number of aliphatic hydroxyl groups is 1. The van der Waals surface area contributed by atoms with Crippen LogP contribution in [-0.2, 0) is 0 Å². The largest absolute Gasteiger partial charge is 0.395 e. The predicted octanol–water partition coefficient (Wildman–Crippen LogP) is 1.35. The second-order valence-corrected chi connectivity index (χ2v) is 4.09. The summed E-state index contributed by atoms with van der Waals surface area (Å²) in [6, 6.07) is 0.365. The van der Waals surface area contributed by atoms with Gasteiger partial charge in [-0.05, 0) is 19.4 Å². The highest BCUT2D eigenvalue weighted by Gasteiger charge is 2.22. The van der Waals surface area contributed by atoms with Crippen LogP contribution in [0.25, 0.3) is 0 Å². The number of aliphatic hydroxyl groups excluding tert-OH is 1. The SMILES string of the molecule is C=C(Br)CN1CCC[C@@H]1CO. The third-order valence-corrected chi connectivity index (χ3v) is 2.34. The van der Waals surface area contributed by atoms with Gasteiger partial charge in [-0.3, -0.25) is 4.90 Å². The molecule has 1 heterocycles. The van der Waals surface area contributed by atoms with E-state index in [0.717, 1.165) is 24.0 Å². The normalized spacial score (nSPS) is 25.8. The molecule has 0 aliphatic carbocycles. The summed E-state index contributed by atoms with van der Waals surface area (Å²) in [5.41, 5.74) is 0.